The zero-order valence-corrected chi connectivity index (χ0v) is 14.2. The number of thioether (sulfide) groups is 1. The van der Waals surface area contributed by atoms with E-state index in [1.807, 2.05) is 0 Å². The molecule has 1 nitrogen and oxygen atoms in total. The van der Waals surface area contributed by atoms with Gasteiger partial charge in [0.05, 0.1) is 0 Å². The van der Waals surface area contributed by atoms with Crippen molar-refractivity contribution in [3.63, 3.8) is 0 Å². The smallest absolute Gasteiger partial charge is 0.0412 e. The maximum Gasteiger partial charge on any atom is 0.0412 e. The Balaban J connectivity index is 1.94. The number of benzene rings is 1. The van der Waals surface area contributed by atoms with Gasteiger partial charge in [-0.2, -0.15) is 11.8 Å². The van der Waals surface area contributed by atoms with Crippen molar-refractivity contribution >= 4 is 11.8 Å². The average Bonchev–Trinajstić information content (AvgIpc) is 2.41. The van der Waals surface area contributed by atoms with Gasteiger partial charge in [0.1, 0.15) is 0 Å². The summed E-state index contributed by atoms with van der Waals surface area (Å²) in [6.07, 6.45) is 5.68. The van der Waals surface area contributed by atoms with Gasteiger partial charge in [-0.25, -0.2) is 0 Å². The van der Waals surface area contributed by atoms with Gasteiger partial charge in [-0.1, -0.05) is 43.5 Å². The highest BCUT2D eigenvalue weighted by Crippen LogP contribution is 2.34. The number of nitrogens with one attached hydrogen (secondary N) is 1. The maximum absolute atomic E-state index is 3.51. The summed E-state index contributed by atoms with van der Waals surface area (Å²) in [5, 5.41) is 4.38. The summed E-state index contributed by atoms with van der Waals surface area (Å²) in [5.41, 5.74) is 4.24. The average molecular weight is 292 g/mol. The van der Waals surface area contributed by atoms with Crippen molar-refractivity contribution in [1.82, 2.24) is 5.32 Å². The van der Waals surface area contributed by atoms with Crippen molar-refractivity contribution in [2.45, 2.75) is 57.7 Å². The van der Waals surface area contributed by atoms with E-state index in [4.69, 9.17) is 0 Å². The normalized spacial score (nSPS) is 24.6. The van der Waals surface area contributed by atoms with Gasteiger partial charge in [-0.15, -0.1) is 0 Å². The standard InChI is InChI=1S/C18H29NS/c1-13-6-5-7-16(11-13)20-12-18(19-4)17-9-8-14(2)10-15(17)3/h8-10,13,16,18-19H,5-7,11-12H2,1-4H3. The summed E-state index contributed by atoms with van der Waals surface area (Å²) in [4.78, 5) is 0. The van der Waals surface area contributed by atoms with Gasteiger partial charge in [0.15, 0.2) is 0 Å². The Labute approximate surface area is 128 Å². The molecular weight excluding hydrogens is 262 g/mol. The molecule has 1 aliphatic carbocycles. The third kappa shape index (κ3) is 4.26. The highest BCUT2D eigenvalue weighted by Gasteiger charge is 2.21. The Morgan fingerprint density at radius 2 is 2.10 bits per heavy atom. The van der Waals surface area contributed by atoms with Gasteiger partial charge in [-0.3, -0.25) is 0 Å². The maximum atomic E-state index is 3.51. The minimum Gasteiger partial charge on any atom is -0.312 e. The van der Waals surface area contributed by atoms with Gasteiger partial charge in [0.2, 0.25) is 0 Å². The summed E-state index contributed by atoms with van der Waals surface area (Å²) in [6.45, 7) is 6.82. The molecule has 1 saturated carbocycles. The quantitative estimate of drug-likeness (QED) is 0.830. The Bertz CT molecular complexity index is 429. The van der Waals surface area contributed by atoms with Gasteiger partial charge < -0.3 is 5.32 Å². The lowest BCUT2D eigenvalue weighted by Crippen LogP contribution is -2.23. The van der Waals surface area contributed by atoms with E-state index in [2.05, 4.69) is 63.1 Å². The second kappa shape index (κ2) is 7.51. The van der Waals surface area contributed by atoms with Crippen LogP contribution in [0.2, 0.25) is 0 Å². The first-order valence-electron chi connectivity index (χ1n) is 7.96. The monoisotopic (exact) mass is 291 g/mol. The van der Waals surface area contributed by atoms with E-state index >= 15 is 0 Å². The topological polar surface area (TPSA) is 12.0 Å². The molecule has 2 heteroatoms. The first kappa shape index (κ1) is 15.9. The van der Waals surface area contributed by atoms with Crippen molar-refractivity contribution in [3.05, 3.63) is 34.9 Å². The van der Waals surface area contributed by atoms with Crippen molar-refractivity contribution in [3.8, 4) is 0 Å². The third-order valence-corrected chi connectivity index (χ3v) is 5.96. The Morgan fingerprint density at radius 1 is 1.30 bits per heavy atom. The Hall–Kier alpha value is -0.470. The molecule has 2 rings (SSSR count). The van der Waals surface area contributed by atoms with E-state index in [-0.39, 0.29) is 0 Å². The van der Waals surface area contributed by atoms with Crippen LogP contribution in [-0.4, -0.2) is 18.1 Å². The molecule has 0 aromatic heterocycles. The second-order valence-corrected chi connectivity index (χ2v) is 7.76. The van der Waals surface area contributed by atoms with Crippen LogP contribution in [-0.2, 0) is 0 Å². The SMILES string of the molecule is CNC(CSC1CCCC(C)C1)c1ccc(C)cc1C. The molecule has 1 aliphatic rings. The van der Waals surface area contributed by atoms with E-state index in [0.717, 1.165) is 11.2 Å². The summed E-state index contributed by atoms with van der Waals surface area (Å²) in [5.74, 6) is 2.12. The molecule has 0 saturated heterocycles. The number of rotatable bonds is 5. The molecule has 0 radical (unpaired) electrons. The highest BCUT2D eigenvalue weighted by molar-refractivity contribution is 7.99. The van der Waals surface area contributed by atoms with Crippen LogP contribution < -0.4 is 5.32 Å². The Kier molecular flexibility index (Phi) is 5.98. The highest BCUT2D eigenvalue weighted by atomic mass is 32.2. The molecule has 0 heterocycles. The molecule has 1 fully saturated rings. The van der Waals surface area contributed by atoms with Crippen LogP contribution in [0.25, 0.3) is 0 Å². The van der Waals surface area contributed by atoms with Gasteiger partial charge in [0, 0.05) is 17.0 Å². The molecule has 3 unspecified atom stereocenters. The molecule has 0 bridgehead atoms. The minimum atomic E-state index is 0.484. The van der Waals surface area contributed by atoms with E-state index < -0.39 is 0 Å². The van der Waals surface area contributed by atoms with Gasteiger partial charge >= 0.3 is 0 Å². The lowest BCUT2D eigenvalue weighted by molar-refractivity contribution is 0.394. The molecular formula is C18H29NS. The largest absolute Gasteiger partial charge is 0.312 e. The zero-order chi connectivity index (χ0) is 14.5. The predicted octanol–water partition coefficient (Wildman–Crippen LogP) is 4.88. The van der Waals surface area contributed by atoms with Crippen LogP contribution in [0.5, 0.6) is 0 Å². The first-order valence-corrected chi connectivity index (χ1v) is 9.01. The van der Waals surface area contributed by atoms with Crippen LogP contribution in [0.4, 0.5) is 0 Å². The zero-order valence-electron chi connectivity index (χ0n) is 13.4. The van der Waals surface area contributed by atoms with Gasteiger partial charge in [-0.05, 0) is 50.8 Å². The van der Waals surface area contributed by atoms with Crippen LogP contribution in [0, 0.1) is 19.8 Å². The summed E-state index contributed by atoms with van der Waals surface area (Å²) in [7, 11) is 2.09. The summed E-state index contributed by atoms with van der Waals surface area (Å²) >= 11 is 2.18. The molecule has 112 valence electrons. The molecule has 1 aromatic rings. The van der Waals surface area contributed by atoms with Crippen LogP contribution in [0.15, 0.2) is 18.2 Å². The molecule has 1 N–H and O–H groups in total. The van der Waals surface area contributed by atoms with Crippen molar-refractivity contribution in [2.75, 3.05) is 12.8 Å². The van der Waals surface area contributed by atoms with E-state index in [1.165, 1.54) is 48.1 Å². The number of hydrogen-bond acceptors (Lipinski definition) is 2. The van der Waals surface area contributed by atoms with Crippen molar-refractivity contribution in [2.24, 2.45) is 5.92 Å². The fraction of sp³-hybridized carbons (Fsp3) is 0.667. The third-order valence-electron chi connectivity index (χ3n) is 4.54. The van der Waals surface area contributed by atoms with Crippen LogP contribution >= 0.6 is 11.8 Å². The molecule has 1 aromatic carbocycles. The van der Waals surface area contributed by atoms with Crippen LogP contribution in [0.1, 0.15) is 55.3 Å². The fourth-order valence-corrected chi connectivity index (χ4v) is 4.92. The first-order chi connectivity index (χ1) is 9.60. The van der Waals surface area contributed by atoms with E-state index in [9.17, 15) is 0 Å². The lowest BCUT2D eigenvalue weighted by atomic mass is 9.91. The predicted molar refractivity (Wildman–Crippen MR) is 91.6 cm³/mol. The van der Waals surface area contributed by atoms with Gasteiger partial charge in [0.25, 0.3) is 0 Å². The summed E-state index contributed by atoms with van der Waals surface area (Å²) in [6, 6.07) is 7.32. The number of hydrogen-bond donors (Lipinski definition) is 1. The lowest BCUT2D eigenvalue weighted by Gasteiger charge is -2.28. The van der Waals surface area contributed by atoms with Crippen molar-refractivity contribution < 1.29 is 0 Å². The molecule has 20 heavy (non-hydrogen) atoms. The van der Waals surface area contributed by atoms with E-state index in [1.54, 1.807) is 0 Å². The molecule has 3 atom stereocenters. The molecule has 0 spiro atoms. The Morgan fingerprint density at radius 3 is 2.75 bits per heavy atom. The molecule has 0 amide bonds. The second-order valence-electron chi connectivity index (χ2n) is 6.43. The molecule has 0 aliphatic heterocycles. The minimum absolute atomic E-state index is 0.484. The van der Waals surface area contributed by atoms with Crippen LogP contribution in [0.3, 0.4) is 0 Å². The number of aryl methyl sites for hydroxylation is 2. The van der Waals surface area contributed by atoms with Crippen molar-refractivity contribution in [1.29, 1.82) is 0 Å². The summed E-state index contributed by atoms with van der Waals surface area (Å²) < 4.78 is 0. The van der Waals surface area contributed by atoms with E-state index in [0.29, 0.717) is 6.04 Å². The fourth-order valence-electron chi connectivity index (χ4n) is 3.31.